The highest BCUT2D eigenvalue weighted by molar-refractivity contribution is 7.90. The number of hydrogen-bond acceptors (Lipinski definition) is 3. The summed E-state index contributed by atoms with van der Waals surface area (Å²) in [5.74, 6) is -1.33. The Labute approximate surface area is 149 Å². The lowest BCUT2D eigenvalue weighted by molar-refractivity contribution is -0.129. The van der Waals surface area contributed by atoms with Crippen molar-refractivity contribution in [2.75, 3.05) is 0 Å². The van der Waals surface area contributed by atoms with Crippen LogP contribution in [0, 0.1) is 18.8 Å². The molecule has 0 heterocycles. The third kappa shape index (κ3) is 2.82. The first kappa shape index (κ1) is 17.3. The van der Waals surface area contributed by atoms with E-state index in [0.29, 0.717) is 17.7 Å². The van der Waals surface area contributed by atoms with Crippen molar-refractivity contribution in [2.24, 2.45) is 11.8 Å². The van der Waals surface area contributed by atoms with Crippen LogP contribution in [0.4, 0.5) is 0 Å². The highest BCUT2D eigenvalue weighted by Crippen LogP contribution is 2.43. The van der Waals surface area contributed by atoms with Gasteiger partial charge in [0.1, 0.15) is 9.94 Å². The Morgan fingerprint density at radius 1 is 0.917 bits per heavy atom. The number of fused-ring (bicyclic) bond motifs is 1. The van der Waals surface area contributed by atoms with Gasteiger partial charge >= 0.3 is 0 Å². The van der Waals surface area contributed by atoms with E-state index in [2.05, 4.69) is 0 Å². The van der Waals surface area contributed by atoms with Gasteiger partial charge in [0.2, 0.25) is 0 Å². The molecule has 0 fully saturated rings. The standard InChI is InChI=1S/C19H19ClO3S/c1-10-4-6-13(7-5-10)24(23)19-16(20)17(21)14-8-11(2)12(3)9-15(14)18(19)22/h4-7,14-15H,8-9H2,1-3H3/t14-,15+,24+/m1/s1. The molecule has 3 atom stereocenters. The maximum atomic E-state index is 12.9. The fourth-order valence-corrected chi connectivity index (χ4v) is 5.01. The molecule has 0 saturated heterocycles. The molecule has 1 aromatic rings. The molecule has 0 aromatic heterocycles. The number of allylic oxidation sites excluding steroid dienone is 4. The van der Waals surface area contributed by atoms with Crippen molar-refractivity contribution in [1.29, 1.82) is 0 Å². The monoisotopic (exact) mass is 362 g/mol. The van der Waals surface area contributed by atoms with E-state index >= 15 is 0 Å². The van der Waals surface area contributed by atoms with Gasteiger partial charge in [-0.15, -0.1) is 0 Å². The van der Waals surface area contributed by atoms with E-state index < -0.39 is 22.6 Å². The van der Waals surface area contributed by atoms with Crippen molar-refractivity contribution in [3.63, 3.8) is 0 Å². The van der Waals surface area contributed by atoms with E-state index in [-0.39, 0.29) is 21.5 Å². The highest BCUT2D eigenvalue weighted by atomic mass is 35.5. The molecule has 0 saturated carbocycles. The second-order valence-corrected chi connectivity index (χ2v) is 8.43. The molecule has 5 heteroatoms. The minimum Gasteiger partial charge on any atom is -0.293 e. The summed E-state index contributed by atoms with van der Waals surface area (Å²) in [5, 5.41) is -0.146. The molecule has 0 spiro atoms. The summed E-state index contributed by atoms with van der Waals surface area (Å²) >= 11 is 6.21. The average Bonchev–Trinajstić information content (AvgIpc) is 2.55. The fraction of sp³-hybridized carbons (Fsp3) is 0.368. The molecule has 0 N–H and O–H groups in total. The lowest BCUT2D eigenvalue weighted by atomic mass is 9.70. The predicted octanol–water partition coefficient (Wildman–Crippen LogP) is 4.07. The van der Waals surface area contributed by atoms with Crippen LogP contribution in [-0.4, -0.2) is 15.8 Å². The molecule has 1 aromatic carbocycles. The molecule has 126 valence electrons. The molecule has 24 heavy (non-hydrogen) atoms. The van der Waals surface area contributed by atoms with Gasteiger partial charge < -0.3 is 0 Å². The third-order valence-electron chi connectivity index (χ3n) is 5.00. The van der Waals surface area contributed by atoms with Crippen LogP contribution in [0.1, 0.15) is 32.3 Å². The van der Waals surface area contributed by atoms with Crippen LogP contribution in [-0.2, 0) is 20.4 Å². The number of hydrogen-bond donors (Lipinski definition) is 0. The Balaban J connectivity index is 2.02. The normalized spacial score (nSPS) is 25.8. The van der Waals surface area contributed by atoms with Crippen molar-refractivity contribution in [3.8, 4) is 0 Å². The Hall–Kier alpha value is -1.52. The molecule has 3 nitrogen and oxygen atoms in total. The predicted molar refractivity (Wildman–Crippen MR) is 95.1 cm³/mol. The maximum Gasteiger partial charge on any atom is 0.179 e. The number of benzene rings is 1. The smallest absolute Gasteiger partial charge is 0.179 e. The van der Waals surface area contributed by atoms with Crippen LogP contribution in [0.2, 0.25) is 0 Å². The summed E-state index contributed by atoms with van der Waals surface area (Å²) < 4.78 is 12.9. The summed E-state index contributed by atoms with van der Waals surface area (Å²) in [7, 11) is -1.73. The van der Waals surface area contributed by atoms with Gasteiger partial charge in [0.25, 0.3) is 0 Å². The van der Waals surface area contributed by atoms with Crippen LogP contribution in [0.3, 0.4) is 0 Å². The van der Waals surface area contributed by atoms with E-state index in [0.717, 1.165) is 16.7 Å². The summed E-state index contributed by atoms with van der Waals surface area (Å²) in [6.45, 7) is 5.90. The molecule has 0 bridgehead atoms. The van der Waals surface area contributed by atoms with Gasteiger partial charge in [-0.1, -0.05) is 40.4 Å². The number of aryl methyl sites for hydroxylation is 1. The van der Waals surface area contributed by atoms with E-state index in [1.165, 1.54) is 0 Å². The van der Waals surface area contributed by atoms with Crippen LogP contribution in [0.15, 0.2) is 50.2 Å². The van der Waals surface area contributed by atoms with Crippen LogP contribution >= 0.6 is 11.6 Å². The van der Waals surface area contributed by atoms with Crippen LogP contribution < -0.4 is 0 Å². The largest absolute Gasteiger partial charge is 0.293 e. The van der Waals surface area contributed by atoms with Crippen molar-refractivity contribution in [3.05, 3.63) is 50.9 Å². The summed E-state index contributed by atoms with van der Waals surface area (Å²) in [6, 6.07) is 7.08. The first-order valence-electron chi connectivity index (χ1n) is 7.93. The Bertz CT molecular complexity index is 818. The number of Topliss-reactive ketones (excluding diaryl/α,β-unsaturated/α-hetero) is 2. The summed E-state index contributed by atoms with van der Waals surface area (Å²) in [4.78, 5) is 26.1. The lowest BCUT2D eigenvalue weighted by Crippen LogP contribution is -2.40. The van der Waals surface area contributed by atoms with Gasteiger partial charge in [0.05, 0.1) is 10.8 Å². The number of rotatable bonds is 2. The zero-order chi connectivity index (χ0) is 17.6. The molecule has 0 aliphatic heterocycles. The molecule has 0 amide bonds. The van der Waals surface area contributed by atoms with Crippen molar-refractivity contribution < 1.29 is 13.8 Å². The van der Waals surface area contributed by atoms with Gasteiger partial charge in [-0.25, -0.2) is 4.21 Å². The molecule has 2 aliphatic carbocycles. The highest BCUT2D eigenvalue weighted by Gasteiger charge is 2.46. The van der Waals surface area contributed by atoms with Gasteiger partial charge in [-0.3, -0.25) is 9.59 Å². The summed E-state index contributed by atoms with van der Waals surface area (Å²) in [6.07, 6.45) is 1.10. The molecular weight excluding hydrogens is 344 g/mol. The number of carbonyl (C=O) groups is 2. The van der Waals surface area contributed by atoms with Crippen molar-refractivity contribution in [2.45, 2.75) is 38.5 Å². The van der Waals surface area contributed by atoms with Crippen molar-refractivity contribution in [1.82, 2.24) is 0 Å². The molecule has 0 radical (unpaired) electrons. The molecule has 2 aliphatic rings. The van der Waals surface area contributed by atoms with Gasteiger partial charge in [0.15, 0.2) is 11.6 Å². The molecular formula is C19H19ClO3S. The third-order valence-corrected chi connectivity index (χ3v) is 6.96. The number of halogens is 1. The Morgan fingerprint density at radius 2 is 1.42 bits per heavy atom. The molecule has 0 unspecified atom stereocenters. The lowest BCUT2D eigenvalue weighted by Gasteiger charge is -2.34. The van der Waals surface area contributed by atoms with Crippen molar-refractivity contribution >= 4 is 34.0 Å². The van der Waals surface area contributed by atoms with E-state index in [1.54, 1.807) is 12.1 Å². The number of carbonyl (C=O) groups excluding carboxylic acids is 2. The topological polar surface area (TPSA) is 51.2 Å². The fourth-order valence-electron chi connectivity index (χ4n) is 3.35. The molecule has 3 rings (SSSR count). The van der Waals surface area contributed by atoms with Crippen LogP contribution in [0.5, 0.6) is 0 Å². The Kier molecular flexibility index (Phi) is 4.63. The maximum absolute atomic E-state index is 12.9. The van der Waals surface area contributed by atoms with E-state index in [4.69, 9.17) is 11.6 Å². The first-order chi connectivity index (χ1) is 11.3. The first-order valence-corrected chi connectivity index (χ1v) is 9.46. The Morgan fingerprint density at radius 3 is 1.96 bits per heavy atom. The quantitative estimate of drug-likeness (QED) is 0.745. The van der Waals surface area contributed by atoms with Gasteiger partial charge in [-0.05, 0) is 45.7 Å². The van der Waals surface area contributed by atoms with E-state index in [1.807, 2.05) is 32.9 Å². The van der Waals surface area contributed by atoms with Gasteiger partial charge in [0, 0.05) is 16.7 Å². The second kappa shape index (κ2) is 6.41. The zero-order valence-electron chi connectivity index (χ0n) is 13.9. The summed E-state index contributed by atoms with van der Waals surface area (Å²) in [5.41, 5.74) is 3.31. The average molecular weight is 363 g/mol. The minimum atomic E-state index is -1.73. The number of ketones is 2. The van der Waals surface area contributed by atoms with E-state index in [9.17, 15) is 13.8 Å². The van der Waals surface area contributed by atoms with Crippen LogP contribution in [0.25, 0.3) is 0 Å². The zero-order valence-corrected chi connectivity index (χ0v) is 15.5. The minimum absolute atomic E-state index is 0.0286. The SMILES string of the molecule is CC1=C(C)C[C@H]2C(=O)C(Cl)=C([S@@](=O)c3ccc(C)cc3)C(=O)[C@H]2C1. The second-order valence-electron chi connectivity index (χ2n) is 6.64. The van der Waals surface area contributed by atoms with Gasteiger partial charge in [-0.2, -0.15) is 0 Å².